The highest BCUT2D eigenvalue weighted by atomic mass is 32.2. The van der Waals surface area contributed by atoms with E-state index in [1.165, 1.54) is 13.3 Å². The van der Waals surface area contributed by atoms with E-state index in [0.717, 1.165) is 17.8 Å². The van der Waals surface area contributed by atoms with Crippen LogP contribution in [0.3, 0.4) is 0 Å². The molecule has 0 spiro atoms. The van der Waals surface area contributed by atoms with Crippen LogP contribution in [0.25, 0.3) is 10.9 Å². The number of ether oxygens (including phenoxy) is 1. The molecule has 1 aliphatic heterocycles. The van der Waals surface area contributed by atoms with Crippen molar-refractivity contribution in [3.63, 3.8) is 0 Å². The number of hydrogen-bond acceptors (Lipinski definition) is 5. The number of carboxylic acids is 1. The molecule has 0 saturated carbocycles. The molecule has 2 aromatic carbocycles. The number of rotatable bonds is 11. The third-order valence-corrected chi connectivity index (χ3v) is 8.42. The van der Waals surface area contributed by atoms with Crippen LogP contribution in [-0.2, 0) is 11.5 Å². The standard InChI is InChI=1S/C28H29F5N2O3S/c1-38-19-2-3-23-20(14-19)25(17(15-29)16-34-23)21(31)4-5-28(27(36)37)6-8-35(9-7-28)10-11-39-24-13-18(30)12-22(32)26(24)33/h2-3,12-14,16,21H,4-11,15H2,1H3,(H,36,37)/t21-/m1/s1. The topological polar surface area (TPSA) is 62.7 Å². The molecule has 1 aliphatic rings. The molecule has 0 amide bonds. The summed E-state index contributed by atoms with van der Waals surface area (Å²) in [6.07, 6.45) is 0.243. The van der Waals surface area contributed by atoms with Gasteiger partial charge >= 0.3 is 5.97 Å². The van der Waals surface area contributed by atoms with E-state index in [1.807, 2.05) is 4.90 Å². The number of likely N-dealkylation sites (tertiary alicyclic amines) is 1. The third kappa shape index (κ3) is 6.46. The number of benzene rings is 2. The van der Waals surface area contributed by atoms with Gasteiger partial charge in [0.15, 0.2) is 11.6 Å². The molecule has 0 unspecified atom stereocenters. The zero-order chi connectivity index (χ0) is 28.2. The number of halogens is 5. The predicted octanol–water partition coefficient (Wildman–Crippen LogP) is 6.88. The normalized spacial score (nSPS) is 16.4. The summed E-state index contributed by atoms with van der Waals surface area (Å²) in [6.45, 7) is 0.414. The van der Waals surface area contributed by atoms with Gasteiger partial charge in [-0.2, -0.15) is 0 Å². The Bertz CT molecular complexity index is 1330. The molecule has 1 aromatic heterocycles. The van der Waals surface area contributed by atoms with E-state index < -0.39 is 41.7 Å². The first kappa shape index (κ1) is 29.1. The number of carbonyl (C=O) groups is 1. The smallest absolute Gasteiger partial charge is 0.309 e. The highest BCUT2D eigenvalue weighted by Crippen LogP contribution is 2.42. The minimum atomic E-state index is -1.60. The second kappa shape index (κ2) is 12.5. The SMILES string of the molecule is COc1ccc2ncc(CF)c([C@H](F)CCC3(C(=O)O)CCN(CCSc4cc(F)cc(F)c4F)CC3)c2c1. The summed E-state index contributed by atoms with van der Waals surface area (Å²) < 4.78 is 75.4. The minimum absolute atomic E-state index is 0.0688. The number of methoxy groups -OCH3 is 1. The molecule has 3 aromatic rings. The zero-order valence-electron chi connectivity index (χ0n) is 21.4. The molecule has 0 aliphatic carbocycles. The van der Waals surface area contributed by atoms with Crippen molar-refractivity contribution >= 4 is 28.6 Å². The van der Waals surface area contributed by atoms with Crippen LogP contribution in [0.4, 0.5) is 22.0 Å². The monoisotopic (exact) mass is 568 g/mol. The first-order valence-electron chi connectivity index (χ1n) is 12.6. The fourth-order valence-corrected chi connectivity index (χ4v) is 6.07. The van der Waals surface area contributed by atoms with Crippen LogP contribution in [-0.4, -0.2) is 53.5 Å². The maximum atomic E-state index is 15.7. The van der Waals surface area contributed by atoms with Crippen molar-refractivity contribution in [2.24, 2.45) is 5.41 Å². The molecular weight excluding hydrogens is 539 g/mol. The van der Waals surface area contributed by atoms with Crippen LogP contribution >= 0.6 is 11.8 Å². The van der Waals surface area contributed by atoms with Gasteiger partial charge in [0.25, 0.3) is 0 Å². The Kier molecular flexibility index (Phi) is 9.32. The highest BCUT2D eigenvalue weighted by molar-refractivity contribution is 7.99. The molecule has 0 radical (unpaired) electrons. The van der Waals surface area contributed by atoms with Gasteiger partial charge in [0.1, 0.15) is 24.4 Å². The number of piperidine rings is 1. The molecule has 5 nitrogen and oxygen atoms in total. The maximum absolute atomic E-state index is 15.7. The number of thioether (sulfide) groups is 1. The molecule has 210 valence electrons. The van der Waals surface area contributed by atoms with E-state index in [1.54, 1.807) is 18.2 Å². The summed E-state index contributed by atoms with van der Waals surface area (Å²) in [7, 11) is 1.47. The first-order chi connectivity index (χ1) is 18.7. The van der Waals surface area contributed by atoms with Crippen molar-refractivity contribution in [1.82, 2.24) is 9.88 Å². The number of nitrogens with zero attached hydrogens (tertiary/aromatic N) is 2. The van der Waals surface area contributed by atoms with E-state index in [-0.39, 0.29) is 41.7 Å². The van der Waals surface area contributed by atoms with E-state index in [9.17, 15) is 27.5 Å². The quantitative estimate of drug-likeness (QED) is 0.155. The molecule has 1 atom stereocenters. The van der Waals surface area contributed by atoms with Gasteiger partial charge in [-0.15, -0.1) is 11.8 Å². The van der Waals surface area contributed by atoms with Gasteiger partial charge < -0.3 is 14.7 Å². The molecular formula is C28H29F5N2O3S. The average Bonchev–Trinajstić information content (AvgIpc) is 2.93. The summed E-state index contributed by atoms with van der Waals surface area (Å²) in [6, 6.07) is 6.39. The van der Waals surface area contributed by atoms with Crippen LogP contribution in [0.1, 0.15) is 43.0 Å². The number of hydrogen-bond donors (Lipinski definition) is 1. The summed E-state index contributed by atoms with van der Waals surface area (Å²) in [5, 5.41) is 10.5. The minimum Gasteiger partial charge on any atom is -0.497 e. The van der Waals surface area contributed by atoms with Gasteiger partial charge in [0, 0.05) is 46.0 Å². The van der Waals surface area contributed by atoms with E-state index in [0.29, 0.717) is 48.1 Å². The molecule has 11 heteroatoms. The lowest BCUT2D eigenvalue weighted by Gasteiger charge is -2.39. The molecule has 39 heavy (non-hydrogen) atoms. The van der Waals surface area contributed by atoms with Crippen molar-refractivity contribution in [3.05, 3.63) is 65.1 Å². The van der Waals surface area contributed by atoms with Gasteiger partial charge in [-0.05, 0) is 63.0 Å². The maximum Gasteiger partial charge on any atom is 0.309 e. The highest BCUT2D eigenvalue weighted by Gasteiger charge is 2.41. The summed E-state index contributed by atoms with van der Waals surface area (Å²) >= 11 is 0.987. The Hall–Kier alpha value is -2.92. The molecule has 0 bridgehead atoms. The lowest BCUT2D eigenvalue weighted by molar-refractivity contribution is -0.153. The largest absolute Gasteiger partial charge is 0.497 e. The number of aromatic nitrogens is 1. The van der Waals surface area contributed by atoms with Crippen LogP contribution in [0.2, 0.25) is 0 Å². The second-order valence-corrected chi connectivity index (χ2v) is 10.8. The third-order valence-electron chi connectivity index (χ3n) is 7.42. The van der Waals surface area contributed by atoms with Crippen LogP contribution in [0, 0.1) is 22.9 Å². The average molecular weight is 569 g/mol. The van der Waals surface area contributed by atoms with Crippen molar-refractivity contribution in [2.45, 2.75) is 43.4 Å². The van der Waals surface area contributed by atoms with Crippen LogP contribution in [0.5, 0.6) is 5.75 Å². The van der Waals surface area contributed by atoms with Crippen LogP contribution < -0.4 is 4.74 Å². The fourth-order valence-electron chi connectivity index (χ4n) is 5.08. The van der Waals surface area contributed by atoms with Crippen LogP contribution in [0.15, 0.2) is 41.4 Å². The molecule has 1 saturated heterocycles. The Labute approximate surface area is 227 Å². The molecule has 1 N–H and O–H groups in total. The van der Waals surface area contributed by atoms with E-state index >= 15 is 4.39 Å². The van der Waals surface area contributed by atoms with Gasteiger partial charge in [0.05, 0.1) is 18.0 Å². The Morgan fingerprint density at radius 2 is 1.95 bits per heavy atom. The van der Waals surface area contributed by atoms with Gasteiger partial charge in [0.2, 0.25) is 0 Å². The lowest BCUT2D eigenvalue weighted by Crippen LogP contribution is -2.45. The number of alkyl halides is 2. The van der Waals surface area contributed by atoms with Gasteiger partial charge in [-0.3, -0.25) is 9.78 Å². The number of fused-ring (bicyclic) bond motifs is 1. The fraction of sp³-hybridized carbons (Fsp3) is 0.429. The first-order valence-corrected chi connectivity index (χ1v) is 13.5. The Morgan fingerprint density at radius 3 is 2.62 bits per heavy atom. The number of aliphatic carboxylic acids is 1. The summed E-state index contributed by atoms with van der Waals surface area (Å²) in [5.74, 6) is -3.37. The number of pyridine rings is 1. The predicted molar refractivity (Wildman–Crippen MR) is 139 cm³/mol. The van der Waals surface area contributed by atoms with Crippen molar-refractivity contribution in [1.29, 1.82) is 0 Å². The summed E-state index contributed by atoms with van der Waals surface area (Å²) in [4.78, 5) is 18.4. The van der Waals surface area contributed by atoms with Gasteiger partial charge in [-0.25, -0.2) is 22.0 Å². The van der Waals surface area contributed by atoms with E-state index in [4.69, 9.17) is 4.74 Å². The zero-order valence-corrected chi connectivity index (χ0v) is 22.2. The summed E-state index contributed by atoms with van der Waals surface area (Å²) in [5.41, 5.74) is -0.361. The molecule has 2 heterocycles. The Balaban J connectivity index is 1.39. The Morgan fingerprint density at radius 1 is 1.21 bits per heavy atom. The van der Waals surface area contributed by atoms with Crippen molar-refractivity contribution in [2.75, 3.05) is 32.5 Å². The van der Waals surface area contributed by atoms with E-state index in [2.05, 4.69) is 4.98 Å². The molecule has 1 fully saturated rings. The lowest BCUT2D eigenvalue weighted by atomic mass is 9.74. The number of carboxylic acid groups (broad SMARTS) is 1. The second-order valence-electron chi connectivity index (χ2n) is 9.70. The molecule has 4 rings (SSSR count). The van der Waals surface area contributed by atoms with Crippen molar-refractivity contribution < 1.29 is 36.6 Å². The van der Waals surface area contributed by atoms with Gasteiger partial charge in [-0.1, -0.05) is 0 Å². The van der Waals surface area contributed by atoms with Crippen molar-refractivity contribution in [3.8, 4) is 5.75 Å².